The van der Waals surface area contributed by atoms with Gasteiger partial charge in [0.1, 0.15) is 6.10 Å². The summed E-state index contributed by atoms with van der Waals surface area (Å²) < 4.78 is 10.9. The van der Waals surface area contributed by atoms with Gasteiger partial charge in [0.25, 0.3) is 0 Å². The van der Waals surface area contributed by atoms with Crippen molar-refractivity contribution in [2.24, 2.45) is 5.92 Å². The summed E-state index contributed by atoms with van der Waals surface area (Å²) in [5.74, 6) is 0.232. The van der Waals surface area contributed by atoms with Crippen LogP contribution in [0, 0.1) is 5.92 Å². The van der Waals surface area contributed by atoms with Crippen LogP contribution >= 0.6 is 0 Å². The van der Waals surface area contributed by atoms with Crippen LogP contribution in [0.3, 0.4) is 0 Å². The van der Waals surface area contributed by atoms with Crippen molar-refractivity contribution < 1.29 is 19.4 Å². The Labute approximate surface area is 152 Å². The fourth-order valence-electron chi connectivity index (χ4n) is 5.10. The average molecular weight is 351 g/mol. The molecule has 0 radical (unpaired) electrons. The summed E-state index contributed by atoms with van der Waals surface area (Å²) in [6.45, 7) is 0.780. The Kier molecular flexibility index (Phi) is 3.55. The Balaban J connectivity index is 1.61. The molecule has 2 aromatic rings. The summed E-state index contributed by atoms with van der Waals surface area (Å²) >= 11 is 0. The molecule has 1 N–H and O–H groups in total. The van der Waals surface area contributed by atoms with Crippen molar-refractivity contribution in [2.75, 3.05) is 20.3 Å². The van der Waals surface area contributed by atoms with Crippen LogP contribution in [0.15, 0.2) is 48.5 Å². The van der Waals surface area contributed by atoms with Crippen molar-refractivity contribution in [2.45, 2.75) is 24.2 Å². The van der Waals surface area contributed by atoms with E-state index in [1.165, 1.54) is 29.4 Å². The summed E-state index contributed by atoms with van der Waals surface area (Å²) in [5, 5.41) is 10.4. The molecule has 5 rings (SSSR count). The summed E-state index contributed by atoms with van der Waals surface area (Å²) in [4.78, 5) is 13.9. The predicted octanol–water partition coefficient (Wildman–Crippen LogP) is 2.63. The number of amides is 1. The Morgan fingerprint density at radius 3 is 2.35 bits per heavy atom. The number of aliphatic hydroxyl groups is 1. The van der Waals surface area contributed by atoms with Gasteiger partial charge in [-0.2, -0.15) is 0 Å². The summed E-state index contributed by atoms with van der Waals surface area (Å²) in [6.07, 6.45) is -1.25. The second-order valence-electron chi connectivity index (χ2n) is 7.29. The number of hydrogen-bond donors (Lipinski definition) is 1. The number of benzene rings is 2. The highest BCUT2D eigenvalue weighted by atomic mass is 16.5. The number of carbonyl (C=O) groups excluding carboxylic acids is 1. The zero-order valence-electron chi connectivity index (χ0n) is 14.5. The molecule has 26 heavy (non-hydrogen) atoms. The van der Waals surface area contributed by atoms with Crippen molar-refractivity contribution in [1.82, 2.24) is 4.90 Å². The van der Waals surface area contributed by atoms with Gasteiger partial charge in [0.15, 0.2) is 0 Å². The minimum absolute atomic E-state index is 0.0843. The van der Waals surface area contributed by atoms with Crippen molar-refractivity contribution in [3.8, 4) is 11.1 Å². The highest BCUT2D eigenvalue weighted by Crippen LogP contribution is 2.52. The number of carbonyl (C=O) groups is 1. The lowest BCUT2D eigenvalue weighted by Gasteiger charge is -2.25. The highest BCUT2D eigenvalue weighted by Gasteiger charge is 2.56. The molecule has 2 fully saturated rings. The molecule has 4 atom stereocenters. The molecule has 2 heterocycles. The van der Waals surface area contributed by atoms with Gasteiger partial charge in [-0.15, -0.1) is 0 Å². The Morgan fingerprint density at radius 2 is 1.73 bits per heavy atom. The van der Waals surface area contributed by atoms with E-state index in [1.807, 2.05) is 0 Å². The zero-order valence-corrected chi connectivity index (χ0v) is 14.5. The largest absolute Gasteiger partial charge is 0.453 e. The van der Waals surface area contributed by atoms with E-state index in [-0.39, 0.29) is 30.6 Å². The van der Waals surface area contributed by atoms with E-state index < -0.39 is 12.2 Å². The van der Waals surface area contributed by atoms with Crippen molar-refractivity contribution >= 4 is 6.09 Å². The Hall–Kier alpha value is -2.37. The van der Waals surface area contributed by atoms with Crippen LogP contribution in [-0.2, 0) is 9.47 Å². The maximum atomic E-state index is 12.3. The molecule has 0 bridgehead atoms. The van der Waals surface area contributed by atoms with E-state index in [4.69, 9.17) is 9.47 Å². The number of fused-ring (bicyclic) bond motifs is 4. The monoisotopic (exact) mass is 351 g/mol. The van der Waals surface area contributed by atoms with E-state index in [1.54, 1.807) is 4.90 Å². The second kappa shape index (κ2) is 5.83. The second-order valence-corrected chi connectivity index (χ2v) is 7.29. The number of nitrogens with zero attached hydrogens (tertiary/aromatic N) is 1. The number of likely N-dealkylation sites (tertiary alicyclic amines) is 1. The first-order valence-electron chi connectivity index (χ1n) is 9.03. The fraction of sp³-hybridized carbons (Fsp3) is 0.381. The van der Waals surface area contributed by atoms with Crippen molar-refractivity contribution in [3.05, 3.63) is 59.7 Å². The maximum absolute atomic E-state index is 12.3. The maximum Gasteiger partial charge on any atom is 0.409 e. The molecule has 2 saturated heterocycles. The molecule has 1 aliphatic carbocycles. The molecule has 3 aliphatic rings. The zero-order chi connectivity index (χ0) is 17.8. The number of rotatable bonds is 1. The van der Waals surface area contributed by atoms with E-state index in [0.29, 0.717) is 6.54 Å². The third-order valence-electron chi connectivity index (χ3n) is 6.10. The fourth-order valence-corrected chi connectivity index (χ4v) is 5.10. The van der Waals surface area contributed by atoms with E-state index in [0.717, 1.165) is 0 Å². The molecule has 1 amide bonds. The van der Waals surface area contributed by atoms with Gasteiger partial charge in [-0.05, 0) is 22.3 Å². The van der Waals surface area contributed by atoms with E-state index >= 15 is 0 Å². The Bertz CT molecular complexity index is 821. The van der Waals surface area contributed by atoms with Crippen molar-refractivity contribution in [3.63, 3.8) is 0 Å². The van der Waals surface area contributed by atoms with Gasteiger partial charge in [-0.3, -0.25) is 4.90 Å². The molecule has 5 nitrogen and oxygen atoms in total. The first-order valence-corrected chi connectivity index (χ1v) is 9.03. The molecule has 2 aliphatic heterocycles. The average Bonchev–Trinajstić information content (AvgIpc) is 3.33. The first-order chi connectivity index (χ1) is 12.7. The first kappa shape index (κ1) is 15.9. The van der Waals surface area contributed by atoms with Gasteiger partial charge in [0.2, 0.25) is 0 Å². The molecule has 134 valence electrons. The molecule has 2 aromatic carbocycles. The van der Waals surface area contributed by atoms with Crippen LogP contribution < -0.4 is 0 Å². The molecule has 5 heteroatoms. The standard InChI is InChI=1S/C21H21NO4/c1-25-21(24)22-10-16(20-19(22)17(23)11-26-20)18-14-8-4-2-6-12(14)13-7-3-5-9-15(13)18/h2-9,16-20,23H,10-11H2,1H3/t16?,17-,19+,20+/m0/s1. The molecule has 1 unspecified atom stereocenters. The van der Waals surface area contributed by atoms with Gasteiger partial charge in [-0.1, -0.05) is 48.5 Å². The topological polar surface area (TPSA) is 59.0 Å². The van der Waals surface area contributed by atoms with Gasteiger partial charge in [-0.25, -0.2) is 4.79 Å². The molecule has 0 aromatic heterocycles. The predicted molar refractivity (Wildman–Crippen MR) is 95.9 cm³/mol. The lowest BCUT2D eigenvalue weighted by molar-refractivity contribution is 0.0562. The third kappa shape index (κ3) is 2.07. The SMILES string of the molecule is COC(=O)N1CC(C2c3ccccc3-c3ccccc32)[C@H]2OC[C@H](O)[C@H]21. The lowest BCUT2D eigenvalue weighted by atomic mass is 9.81. The molecular weight excluding hydrogens is 330 g/mol. The summed E-state index contributed by atoms with van der Waals surface area (Å²) in [7, 11) is 1.38. The quantitative estimate of drug-likeness (QED) is 0.858. The number of aliphatic hydroxyl groups excluding tert-OH is 1. The minimum Gasteiger partial charge on any atom is -0.453 e. The highest BCUT2D eigenvalue weighted by molar-refractivity contribution is 5.79. The van der Waals surface area contributed by atoms with Crippen LogP contribution in [0.25, 0.3) is 11.1 Å². The van der Waals surface area contributed by atoms with Gasteiger partial charge in [0, 0.05) is 18.4 Å². The van der Waals surface area contributed by atoms with Gasteiger partial charge < -0.3 is 14.6 Å². The molecule has 0 saturated carbocycles. The van der Waals surface area contributed by atoms with Crippen LogP contribution in [0.4, 0.5) is 4.79 Å². The lowest BCUT2D eigenvalue weighted by Crippen LogP contribution is -2.43. The van der Waals surface area contributed by atoms with E-state index in [2.05, 4.69) is 48.5 Å². The minimum atomic E-state index is -0.670. The number of ether oxygens (including phenoxy) is 2. The normalized spacial score (nSPS) is 29.4. The third-order valence-corrected chi connectivity index (χ3v) is 6.10. The molecular formula is C21H21NO4. The van der Waals surface area contributed by atoms with E-state index in [9.17, 15) is 9.90 Å². The van der Waals surface area contributed by atoms with Crippen LogP contribution in [0.1, 0.15) is 17.0 Å². The van der Waals surface area contributed by atoms with Crippen LogP contribution in [0.5, 0.6) is 0 Å². The Morgan fingerprint density at radius 1 is 1.12 bits per heavy atom. The summed E-state index contributed by atoms with van der Waals surface area (Å²) in [5.41, 5.74) is 5.04. The van der Waals surface area contributed by atoms with Gasteiger partial charge in [0.05, 0.1) is 25.9 Å². The van der Waals surface area contributed by atoms with Crippen LogP contribution in [0.2, 0.25) is 0 Å². The molecule has 0 spiro atoms. The van der Waals surface area contributed by atoms with Crippen molar-refractivity contribution in [1.29, 1.82) is 0 Å². The number of methoxy groups -OCH3 is 1. The van der Waals surface area contributed by atoms with Crippen LogP contribution in [-0.4, -0.2) is 54.6 Å². The number of hydrogen-bond acceptors (Lipinski definition) is 4. The van der Waals surface area contributed by atoms with Gasteiger partial charge >= 0.3 is 6.09 Å². The summed E-state index contributed by atoms with van der Waals surface area (Å²) in [6, 6.07) is 16.6. The smallest absolute Gasteiger partial charge is 0.409 e.